The number of benzene rings is 4. The molecule has 2 aromatic heterocycles. The van der Waals surface area contributed by atoms with Crippen molar-refractivity contribution in [3.8, 4) is 22.3 Å². The smallest absolute Gasteiger partial charge is 0.251 e. The van der Waals surface area contributed by atoms with Crippen molar-refractivity contribution in [2.75, 3.05) is 144 Å². The molecule has 0 unspecified atom stereocenters. The van der Waals surface area contributed by atoms with Crippen molar-refractivity contribution in [1.82, 2.24) is 51.8 Å². The van der Waals surface area contributed by atoms with Crippen LogP contribution in [0.1, 0.15) is 68.1 Å². The second-order valence-electron chi connectivity index (χ2n) is 24.2. The van der Waals surface area contributed by atoms with Gasteiger partial charge in [0.25, 0.3) is 5.91 Å². The average Bonchev–Trinajstić information content (AvgIpc) is 0.749. The lowest BCUT2D eigenvalue weighted by atomic mass is 9.84. The molecular weight excluding hydrogens is 1380 g/mol. The Morgan fingerprint density at radius 2 is 0.814 bits per heavy atom. The Morgan fingerprint density at radius 3 is 1.21 bits per heavy atom. The topological polar surface area (TPSA) is 368 Å². The van der Waals surface area contributed by atoms with Gasteiger partial charge in [-0.2, -0.15) is 0 Å². The first kappa shape index (κ1) is 82.7. The van der Waals surface area contributed by atoms with Gasteiger partial charge in [0.2, 0.25) is 59.5 Å². The van der Waals surface area contributed by atoms with Gasteiger partial charge in [0.1, 0.15) is 12.1 Å². The van der Waals surface area contributed by atoms with Crippen molar-refractivity contribution in [2.24, 2.45) is 5.92 Å². The van der Waals surface area contributed by atoms with E-state index in [0.717, 1.165) is 29.2 Å². The fourth-order valence-electron chi connectivity index (χ4n) is 9.79. The Bertz CT molecular complexity index is 3620. The minimum absolute atomic E-state index is 0.00855. The maximum Gasteiger partial charge on any atom is 0.251 e. The minimum Gasteiger partial charge on any atom is -0.379 e. The largest absolute Gasteiger partial charge is 0.379 e. The molecule has 6 N–H and O–H groups in total. The van der Waals surface area contributed by atoms with Gasteiger partial charge < -0.3 is 69.8 Å². The van der Waals surface area contributed by atoms with Gasteiger partial charge in [0.15, 0.2) is 0 Å². The predicted octanol–water partition coefficient (Wildman–Crippen LogP) is 4.16. The molecule has 0 aliphatic heterocycles. The summed E-state index contributed by atoms with van der Waals surface area (Å²) in [5.74, 6) is -3.42. The molecule has 0 radical (unpaired) electrons. The van der Waals surface area contributed by atoms with Gasteiger partial charge >= 0.3 is 0 Å². The summed E-state index contributed by atoms with van der Waals surface area (Å²) >= 11 is 1.73. The Labute approximate surface area is 600 Å². The highest BCUT2D eigenvalue weighted by molar-refractivity contribution is 8.02. The van der Waals surface area contributed by atoms with Gasteiger partial charge in [0.05, 0.1) is 124 Å². The van der Waals surface area contributed by atoms with E-state index in [2.05, 4.69) is 102 Å². The van der Waals surface area contributed by atoms with Crippen LogP contribution in [0.4, 0.5) is 0 Å². The number of rotatable bonds is 48. The molecule has 554 valence electrons. The number of nitrogens with one attached hydrogen (secondary N) is 6. The van der Waals surface area contributed by atoms with E-state index in [0.29, 0.717) is 94.9 Å². The third-order valence-corrected chi connectivity index (χ3v) is 18.4. The molecule has 28 nitrogen and oxygen atoms in total. The van der Waals surface area contributed by atoms with E-state index in [1.54, 1.807) is 50.7 Å². The fraction of sp³-hybridized carbons (Fsp3) is 0.465. The third-order valence-electron chi connectivity index (χ3n) is 15.0. The minimum atomic E-state index is -3.65. The van der Waals surface area contributed by atoms with Crippen molar-refractivity contribution in [1.29, 1.82) is 0 Å². The van der Waals surface area contributed by atoms with Crippen LogP contribution >= 0.6 is 11.8 Å². The summed E-state index contributed by atoms with van der Waals surface area (Å²) < 4.78 is 90.7. The summed E-state index contributed by atoms with van der Waals surface area (Å²) in [6.07, 6.45) is 7.29. The highest BCUT2D eigenvalue weighted by Gasteiger charge is 2.42. The van der Waals surface area contributed by atoms with Crippen LogP contribution in [0.5, 0.6) is 0 Å². The van der Waals surface area contributed by atoms with Crippen molar-refractivity contribution in [3.63, 3.8) is 0 Å². The number of thioether (sulfide) groups is 1. The molecule has 0 saturated heterocycles. The van der Waals surface area contributed by atoms with Crippen LogP contribution in [-0.4, -0.2) is 233 Å². The van der Waals surface area contributed by atoms with Gasteiger partial charge in [-0.1, -0.05) is 105 Å². The third kappa shape index (κ3) is 28.9. The molecule has 0 aliphatic carbocycles. The van der Waals surface area contributed by atoms with Crippen LogP contribution in [0, 0.1) is 5.92 Å². The number of nitrogens with zero attached hydrogens (tertiary/aromatic N) is 4. The number of carbonyl (C=O) groups excluding carboxylic acids is 6. The first-order valence-electron chi connectivity index (χ1n) is 33.2. The molecule has 2 atom stereocenters. The second kappa shape index (κ2) is 43.0. The normalized spacial score (nSPS) is 12.5. The molecule has 6 aromatic rings. The van der Waals surface area contributed by atoms with Gasteiger partial charge in [-0.25, -0.2) is 36.8 Å². The number of ether oxygens (including phenoxy) is 8. The Morgan fingerprint density at radius 1 is 0.441 bits per heavy atom. The van der Waals surface area contributed by atoms with Crippen LogP contribution in [0.3, 0.4) is 0 Å². The van der Waals surface area contributed by atoms with E-state index in [1.165, 1.54) is 24.8 Å². The lowest BCUT2D eigenvalue weighted by molar-refractivity contribution is -0.133. The van der Waals surface area contributed by atoms with E-state index in [9.17, 15) is 45.6 Å². The van der Waals surface area contributed by atoms with Crippen LogP contribution in [0.15, 0.2) is 144 Å². The summed E-state index contributed by atoms with van der Waals surface area (Å²) in [6.45, 7) is 13.8. The number of hydrogen-bond acceptors (Lipinski definition) is 23. The number of carbonyl (C=O) groups is 6. The molecular formula is C71H94N10O18S3. The predicted molar refractivity (Wildman–Crippen MR) is 382 cm³/mol. The van der Waals surface area contributed by atoms with E-state index in [1.807, 2.05) is 54.6 Å². The quantitative estimate of drug-likeness (QED) is 0.0177. The zero-order chi connectivity index (χ0) is 73.8. The zero-order valence-electron chi connectivity index (χ0n) is 58.6. The first-order chi connectivity index (χ1) is 48.9. The highest BCUT2D eigenvalue weighted by Crippen LogP contribution is 2.53. The maximum absolute atomic E-state index is 13.6. The highest BCUT2D eigenvalue weighted by atomic mass is 32.2. The summed E-state index contributed by atoms with van der Waals surface area (Å²) in [7, 11) is -7.30. The summed E-state index contributed by atoms with van der Waals surface area (Å²) in [5, 5.41) is 15.5. The molecule has 0 fully saturated rings. The summed E-state index contributed by atoms with van der Waals surface area (Å²) in [5.41, 5.74) is 5.34. The average molecular weight is 1470 g/mol. The molecule has 102 heavy (non-hydrogen) atoms. The summed E-state index contributed by atoms with van der Waals surface area (Å²) in [4.78, 5) is 93.9. The van der Waals surface area contributed by atoms with Gasteiger partial charge in [0, 0.05) is 78.2 Å². The van der Waals surface area contributed by atoms with Crippen LogP contribution < -0.4 is 31.9 Å². The Balaban J connectivity index is 0.706. The summed E-state index contributed by atoms with van der Waals surface area (Å²) in [6, 6.07) is 33.7. The Hall–Kier alpha value is -8.21. The van der Waals surface area contributed by atoms with Gasteiger partial charge in [-0.3, -0.25) is 28.8 Å². The molecule has 4 aromatic carbocycles. The maximum atomic E-state index is 13.6. The number of aromatic nitrogens is 4. The van der Waals surface area contributed by atoms with Gasteiger partial charge in [-0.15, -0.1) is 11.8 Å². The molecule has 31 heteroatoms. The number of sulfone groups is 2. The molecule has 0 bridgehead atoms. The lowest BCUT2D eigenvalue weighted by Crippen LogP contribution is -2.56. The van der Waals surface area contributed by atoms with Gasteiger partial charge in [-0.05, 0) is 72.7 Å². The van der Waals surface area contributed by atoms with Crippen molar-refractivity contribution < 1.29 is 83.5 Å². The standard InChI is InChI=1S/C71H94N10O18S3/c1-51(2)64(67(87)80-52(3)65(85)79-50-70(4,5)100-71(58-17-11-8-12-18-58,59-19-13-9-14-20-59)60-21-15-10-16-22-60)81-63(84)49-74-62(83)48-73-61(82)23-25-92-27-29-94-31-33-96-35-37-98-39-40-99-38-36-97-34-32-95-30-28-93-26-24-72-66(86)55-42-53(56-44-75-68(76-45-56)101(6,88)89)41-54(43-55)57-46-77-69(78-47-57)102(7,90)91/h8-22,41-47,51-52,64H,23-40,48-50H2,1-7H3,(H,72,86)(H,73,82)(H,74,83)(H,79,85)(H,80,87)(H,81,84)/t52-,64-/m0/s1. The van der Waals surface area contributed by atoms with Crippen molar-refractivity contribution in [2.45, 2.75) is 72.9 Å². The molecule has 0 aliphatic rings. The van der Waals surface area contributed by atoms with Crippen molar-refractivity contribution >= 4 is 66.9 Å². The monoisotopic (exact) mass is 1470 g/mol. The number of hydrogen-bond donors (Lipinski definition) is 6. The van der Waals surface area contributed by atoms with E-state index in [-0.39, 0.29) is 80.9 Å². The van der Waals surface area contributed by atoms with Crippen LogP contribution in [-0.2, 0) is 86.3 Å². The molecule has 0 spiro atoms. The first-order valence-corrected chi connectivity index (χ1v) is 37.8. The second-order valence-corrected chi connectivity index (χ2v) is 29.9. The SMILES string of the molecule is CC(C)[C@H](NC(=O)CNC(=O)CNC(=O)CCOCCOCCOCCOCCOCCOCCOCCOCCNC(=O)c1cc(-c2cnc(S(C)(=O)=O)nc2)cc(-c2cnc(S(C)(=O)=O)nc2)c1)C(=O)N[C@@H](C)C(=O)NCC(C)(C)SC(c1ccccc1)(c1ccccc1)c1ccccc1. The van der Waals surface area contributed by atoms with E-state index >= 15 is 0 Å². The van der Waals surface area contributed by atoms with E-state index in [4.69, 9.17) is 37.9 Å². The molecule has 6 rings (SSSR count). The van der Waals surface area contributed by atoms with Crippen molar-refractivity contribution in [3.05, 3.63) is 156 Å². The zero-order valence-corrected chi connectivity index (χ0v) is 61.1. The van der Waals surface area contributed by atoms with Crippen LogP contribution in [0.25, 0.3) is 22.3 Å². The Kier molecular flexibility index (Phi) is 34.9. The number of amides is 6. The molecule has 6 amide bonds. The molecule has 0 saturated carbocycles. The fourth-order valence-corrected chi connectivity index (χ4v) is 12.5. The van der Waals surface area contributed by atoms with Crippen LogP contribution in [0.2, 0.25) is 0 Å². The molecule has 2 heterocycles. The lowest BCUT2D eigenvalue weighted by Gasteiger charge is -2.41. The van der Waals surface area contributed by atoms with E-state index < -0.39 is 83.2 Å².